The molecule has 1 aliphatic rings. The summed E-state index contributed by atoms with van der Waals surface area (Å²) in [6, 6.07) is 7.11. The van der Waals surface area contributed by atoms with Crippen molar-refractivity contribution in [3.05, 3.63) is 36.7 Å². The lowest BCUT2D eigenvalue weighted by Gasteiger charge is -2.16. The summed E-state index contributed by atoms with van der Waals surface area (Å²) in [7, 11) is 0. The van der Waals surface area contributed by atoms with Crippen LogP contribution >= 0.6 is 0 Å². The Morgan fingerprint density at radius 1 is 1.35 bits per heavy atom. The fourth-order valence-corrected chi connectivity index (χ4v) is 3.01. The van der Waals surface area contributed by atoms with Gasteiger partial charge in [-0.15, -0.1) is 0 Å². The fraction of sp³-hybridized carbons (Fsp3) is 0.375. The Hall–Kier alpha value is -2.70. The molecule has 0 saturated heterocycles. The van der Waals surface area contributed by atoms with E-state index in [1.165, 1.54) is 4.80 Å². The van der Waals surface area contributed by atoms with Gasteiger partial charge in [0.2, 0.25) is 5.91 Å². The van der Waals surface area contributed by atoms with E-state index >= 15 is 0 Å². The van der Waals surface area contributed by atoms with E-state index in [-0.39, 0.29) is 11.8 Å². The van der Waals surface area contributed by atoms with Crippen molar-refractivity contribution in [3.8, 4) is 5.69 Å². The first kappa shape index (κ1) is 15.2. The van der Waals surface area contributed by atoms with E-state index in [9.17, 15) is 14.7 Å². The van der Waals surface area contributed by atoms with Gasteiger partial charge in [-0.05, 0) is 30.5 Å². The smallest absolute Gasteiger partial charge is 0.310 e. The number of aliphatic carboxylic acids is 1. The van der Waals surface area contributed by atoms with Crippen molar-refractivity contribution in [3.63, 3.8) is 0 Å². The molecule has 0 aliphatic heterocycles. The van der Waals surface area contributed by atoms with Gasteiger partial charge in [-0.3, -0.25) is 9.59 Å². The number of carboxylic acids is 1. The fourth-order valence-electron chi connectivity index (χ4n) is 3.01. The SMILES string of the molecule is CC(C)C1(C(=O)O)CC1C(=O)Nc1cccc(-n2nccn2)c1. The summed E-state index contributed by atoms with van der Waals surface area (Å²) in [5, 5.41) is 20.3. The lowest BCUT2D eigenvalue weighted by Crippen LogP contribution is -2.28. The first-order valence-electron chi connectivity index (χ1n) is 7.46. The van der Waals surface area contributed by atoms with Gasteiger partial charge < -0.3 is 10.4 Å². The minimum atomic E-state index is -0.939. The standard InChI is InChI=1S/C16H18N4O3/c1-10(2)16(15(22)23)9-13(16)14(21)19-11-4-3-5-12(8-11)20-17-6-7-18-20/h3-8,10,13H,9H2,1-2H3,(H,19,21)(H,22,23). The summed E-state index contributed by atoms with van der Waals surface area (Å²) < 4.78 is 0. The molecule has 7 heteroatoms. The Labute approximate surface area is 133 Å². The molecule has 2 aromatic rings. The molecule has 1 aromatic heterocycles. The summed E-state index contributed by atoms with van der Waals surface area (Å²) in [5.74, 6) is -1.74. The second-order valence-electron chi connectivity index (χ2n) is 6.12. The van der Waals surface area contributed by atoms with Crippen LogP contribution in [0.3, 0.4) is 0 Å². The quantitative estimate of drug-likeness (QED) is 0.879. The molecule has 2 unspecified atom stereocenters. The molecule has 2 N–H and O–H groups in total. The molecule has 2 atom stereocenters. The predicted molar refractivity (Wildman–Crippen MR) is 83.0 cm³/mol. The van der Waals surface area contributed by atoms with Crippen LogP contribution < -0.4 is 5.32 Å². The molecule has 7 nitrogen and oxygen atoms in total. The number of hydrogen-bond acceptors (Lipinski definition) is 4. The maximum absolute atomic E-state index is 12.4. The first-order chi connectivity index (χ1) is 10.9. The van der Waals surface area contributed by atoms with Crippen LogP contribution in [-0.4, -0.2) is 32.0 Å². The zero-order chi connectivity index (χ0) is 16.6. The van der Waals surface area contributed by atoms with Gasteiger partial charge in [-0.1, -0.05) is 19.9 Å². The number of carbonyl (C=O) groups is 2. The molecule has 1 fully saturated rings. The lowest BCUT2D eigenvalue weighted by atomic mass is 9.89. The molecule has 3 rings (SSSR count). The number of carboxylic acid groups (broad SMARTS) is 1. The van der Waals surface area contributed by atoms with Crippen LogP contribution in [0.25, 0.3) is 5.69 Å². The average molecular weight is 314 g/mol. The van der Waals surface area contributed by atoms with Crippen LogP contribution in [0, 0.1) is 17.3 Å². The van der Waals surface area contributed by atoms with Crippen molar-refractivity contribution in [2.45, 2.75) is 20.3 Å². The van der Waals surface area contributed by atoms with Crippen LogP contribution in [0.5, 0.6) is 0 Å². The van der Waals surface area contributed by atoms with Gasteiger partial charge >= 0.3 is 5.97 Å². The number of nitrogens with zero attached hydrogens (tertiary/aromatic N) is 3. The predicted octanol–water partition coefficient (Wildman–Crippen LogP) is 1.95. The Kier molecular flexibility index (Phi) is 3.63. The highest BCUT2D eigenvalue weighted by Gasteiger charge is 2.65. The zero-order valence-electron chi connectivity index (χ0n) is 12.9. The highest BCUT2D eigenvalue weighted by atomic mass is 16.4. The van der Waals surface area contributed by atoms with E-state index in [1.54, 1.807) is 30.6 Å². The minimum Gasteiger partial charge on any atom is -0.481 e. The Balaban J connectivity index is 1.75. The molecule has 1 aliphatic carbocycles. The number of hydrogen-bond donors (Lipinski definition) is 2. The Morgan fingerprint density at radius 3 is 2.61 bits per heavy atom. The van der Waals surface area contributed by atoms with Crippen LogP contribution in [-0.2, 0) is 9.59 Å². The zero-order valence-corrected chi connectivity index (χ0v) is 12.9. The second kappa shape index (κ2) is 5.49. The number of rotatable bonds is 5. The minimum absolute atomic E-state index is 0.0876. The molecule has 120 valence electrons. The molecule has 23 heavy (non-hydrogen) atoms. The van der Waals surface area contributed by atoms with Gasteiger partial charge in [-0.2, -0.15) is 15.0 Å². The van der Waals surface area contributed by atoms with Crippen LogP contribution in [0.1, 0.15) is 20.3 Å². The van der Waals surface area contributed by atoms with Crippen molar-refractivity contribution in [1.29, 1.82) is 0 Å². The summed E-state index contributed by atoms with van der Waals surface area (Å²) in [6.07, 6.45) is 3.52. The average Bonchev–Trinajstić information content (AvgIpc) is 3.07. The van der Waals surface area contributed by atoms with Gasteiger partial charge in [0.25, 0.3) is 0 Å². The molecule has 0 radical (unpaired) electrons. The van der Waals surface area contributed by atoms with Crippen molar-refractivity contribution >= 4 is 17.6 Å². The number of anilines is 1. The monoisotopic (exact) mass is 314 g/mol. The van der Waals surface area contributed by atoms with E-state index in [0.717, 1.165) is 5.69 Å². The molecular weight excluding hydrogens is 296 g/mol. The first-order valence-corrected chi connectivity index (χ1v) is 7.46. The third-order valence-corrected chi connectivity index (χ3v) is 4.51. The lowest BCUT2D eigenvalue weighted by molar-refractivity contribution is -0.147. The number of carbonyl (C=O) groups excluding carboxylic acids is 1. The van der Waals surface area contributed by atoms with E-state index in [2.05, 4.69) is 15.5 Å². The number of benzene rings is 1. The third-order valence-electron chi connectivity index (χ3n) is 4.51. The van der Waals surface area contributed by atoms with Gasteiger partial charge in [0, 0.05) is 5.69 Å². The maximum Gasteiger partial charge on any atom is 0.310 e. The van der Waals surface area contributed by atoms with Gasteiger partial charge in [0.1, 0.15) is 0 Å². The molecule has 1 amide bonds. The van der Waals surface area contributed by atoms with Crippen molar-refractivity contribution in [2.75, 3.05) is 5.32 Å². The maximum atomic E-state index is 12.4. The largest absolute Gasteiger partial charge is 0.481 e. The van der Waals surface area contributed by atoms with Crippen molar-refractivity contribution < 1.29 is 14.7 Å². The summed E-state index contributed by atoms with van der Waals surface area (Å²) >= 11 is 0. The van der Waals surface area contributed by atoms with Gasteiger partial charge in [0.15, 0.2) is 0 Å². The normalized spacial score (nSPS) is 22.8. The highest BCUT2D eigenvalue weighted by Crippen LogP contribution is 2.58. The van der Waals surface area contributed by atoms with Gasteiger partial charge in [0.05, 0.1) is 29.4 Å². The van der Waals surface area contributed by atoms with E-state index in [4.69, 9.17) is 0 Å². The van der Waals surface area contributed by atoms with Crippen molar-refractivity contribution in [1.82, 2.24) is 15.0 Å². The molecular formula is C16H18N4O3. The highest BCUT2D eigenvalue weighted by molar-refractivity contribution is 6.00. The molecule has 1 saturated carbocycles. The van der Waals surface area contributed by atoms with E-state index < -0.39 is 17.3 Å². The molecule has 1 heterocycles. The summed E-state index contributed by atoms with van der Waals surface area (Å²) in [6.45, 7) is 3.68. The number of aromatic nitrogens is 3. The van der Waals surface area contributed by atoms with Crippen LogP contribution in [0.2, 0.25) is 0 Å². The molecule has 0 spiro atoms. The second-order valence-corrected chi connectivity index (χ2v) is 6.12. The summed E-state index contributed by atoms with van der Waals surface area (Å²) in [5.41, 5.74) is 0.377. The molecule has 0 bridgehead atoms. The Morgan fingerprint density at radius 2 is 2.04 bits per heavy atom. The van der Waals surface area contributed by atoms with Crippen molar-refractivity contribution in [2.24, 2.45) is 17.3 Å². The number of amides is 1. The van der Waals surface area contributed by atoms with Crippen LogP contribution in [0.15, 0.2) is 36.7 Å². The number of nitrogens with one attached hydrogen (secondary N) is 1. The van der Waals surface area contributed by atoms with Crippen LogP contribution in [0.4, 0.5) is 5.69 Å². The molecule has 1 aromatic carbocycles. The Bertz CT molecular complexity index is 742. The summed E-state index contributed by atoms with van der Waals surface area (Å²) in [4.78, 5) is 25.3. The topological polar surface area (TPSA) is 97.1 Å². The van der Waals surface area contributed by atoms with E-state index in [1.807, 2.05) is 19.9 Å². The van der Waals surface area contributed by atoms with Gasteiger partial charge in [-0.25, -0.2) is 0 Å². The van der Waals surface area contributed by atoms with E-state index in [0.29, 0.717) is 12.1 Å². The third kappa shape index (κ3) is 2.58.